The fourth-order valence-electron chi connectivity index (χ4n) is 3.55. The van der Waals surface area contributed by atoms with Crippen LogP contribution in [0.1, 0.15) is 31.9 Å². The fraction of sp³-hybridized carbons (Fsp3) is 0.259. The topological polar surface area (TPSA) is 183 Å². The van der Waals surface area contributed by atoms with Crippen LogP contribution in [0.4, 0.5) is 5.69 Å². The smallest absolute Gasteiger partial charge is 0.339 e. The summed E-state index contributed by atoms with van der Waals surface area (Å²) in [6.45, 7) is 7.01. The number of nitro groups is 1. The van der Waals surface area contributed by atoms with Crippen molar-refractivity contribution in [2.45, 2.75) is 43.5 Å². The third kappa shape index (κ3) is 8.34. The van der Waals surface area contributed by atoms with Crippen LogP contribution in [-0.2, 0) is 24.9 Å². The molecule has 42 heavy (non-hydrogen) atoms. The van der Waals surface area contributed by atoms with E-state index in [1.54, 1.807) is 32.9 Å². The average Bonchev–Trinajstić information content (AvgIpc) is 2.93. The summed E-state index contributed by atoms with van der Waals surface area (Å²) in [6, 6.07) is 13.7. The normalized spacial score (nSPS) is 12.7. The molecule has 1 amide bonds. The quantitative estimate of drug-likeness (QED) is 0.125. The van der Waals surface area contributed by atoms with Crippen molar-refractivity contribution in [3.8, 4) is 11.5 Å². The van der Waals surface area contributed by atoms with Gasteiger partial charge < -0.3 is 8.92 Å². The number of carbonyl (C=O) groups excluding carboxylic acids is 1. The molecule has 0 aliphatic heterocycles. The lowest BCUT2D eigenvalue weighted by Gasteiger charge is -2.20. The van der Waals surface area contributed by atoms with Crippen LogP contribution in [0.5, 0.6) is 11.5 Å². The molecule has 0 aliphatic rings. The van der Waals surface area contributed by atoms with Gasteiger partial charge in [-0.15, -0.1) is 0 Å². The first-order chi connectivity index (χ1) is 19.7. The van der Waals surface area contributed by atoms with Gasteiger partial charge in [0.2, 0.25) is 10.0 Å². The molecule has 0 saturated carbocycles. The van der Waals surface area contributed by atoms with Crippen LogP contribution in [0.25, 0.3) is 0 Å². The second-order valence-corrected chi connectivity index (χ2v) is 12.6. The van der Waals surface area contributed by atoms with Gasteiger partial charge >= 0.3 is 10.1 Å². The number of hydrogen-bond donors (Lipinski definition) is 2. The van der Waals surface area contributed by atoms with E-state index in [0.29, 0.717) is 5.56 Å². The van der Waals surface area contributed by atoms with Crippen LogP contribution in [0.15, 0.2) is 81.6 Å². The number of rotatable bonds is 13. The maximum atomic E-state index is 12.8. The number of hydrazone groups is 1. The van der Waals surface area contributed by atoms with E-state index in [2.05, 4.69) is 15.2 Å². The predicted octanol–water partition coefficient (Wildman–Crippen LogP) is 3.52. The molecule has 224 valence electrons. The fourth-order valence-corrected chi connectivity index (χ4v) is 5.87. The molecule has 0 heterocycles. The Morgan fingerprint density at radius 1 is 1.00 bits per heavy atom. The number of non-ortho nitro benzene ring substituents is 1. The molecule has 2 N–H and O–H groups in total. The van der Waals surface area contributed by atoms with Gasteiger partial charge in [-0.2, -0.15) is 18.2 Å². The van der Waals surface area contributed by atoms with E-state index in [9.17, 15) is 31.7 Å². The van der Waals surface area contributed by atoms with Crippen molar-refractivity contribution in [3.63, 3.8) is 0 Å². The summed E-state index contributed by atoms with van der Waals surface area (Å²) in [5, 5.41) is 14.9. The summed E-state index contributed by atoms with van der Waals surface area (Å²) in [4.78, 5) is 22.7. The number of nitro benzene ring substituents is 1. The first kappa shape index (κ1) is 32.2. The standard InChI is InChI=1S/C27H30N4O9S2/c1-5-39-25-15-20(11-14-24(25)40-42(37,38)23-8-6-7-21(16-23)31(33)34)17-28-29-27(32)26(18(2)3)30-41(35,36)22-12-9-19(4)10-13-22/h6-18,26,30H,5H2,1-4H3,(H,29,32)/b28-17-/t26-/m0/s1. The molecule has 0 fully saturated rings. The molecule has 0 bridgehead atoms. The van der Waals surface area contributed by atoms with Gasteiger partial charge in [0.1, 0.15) is 10.9 Å². The Labute approximate surface area is 243 Å². The largest absolute Gasteiger partial charge is 0.490 e. The van der Waals surface area contributed by atoms with E-state index in [0.717, 1.165) is 23.8 Å². The van der Waals surface area contributed by atoms with Crippen LogP contribution in [0, 0.1) is 23.0 Å². The lowest BCUT2D eigenvalue weighted by Crippen LogP contribution is -2.48. The Bertz CT molecular complexity index is 1690. The zero-order valence-electron chi connectivity index (χ0n) is 23.2. The first-order valence-corrected chi connectivity index (χ1v) is 15.5. The van der Waals surface area contributed by atoms with E-state index >= 15 is 0 Å². The number of benzene rings is 3. The summed E-state index contributed by atoms with van der Waals surface area (Å²) in [7, 11) is -8.42. The third-order valence-electron chi connectivity index (χ3n) is 5.74. The number of aryl methyl sites for hydroxylation is 1. The van der Waals surface area contributed by atoms with Gasteiger partial charge in [0.05, 0.1) is 22.6 Å². The van der Waals surface area contributed by atoms with Gasteiger partial charge in [0.15, 0.2) is 11.5 Å². The van der Waals surface area contributed by atoms with Crippen molar-refractivity contribution in [1.82, 2.24) is 10.1 Å². The number of amides is 1. The van der Waals surface area contributed by atoms with Crippen molar-refractivity contribution in [2.75, 3.05) is 6.61 Å². The molecule has 0 aliphatic carbocycles. The number of nitrogens with one attached hydrogen (secondary N) is 2. The van der Waals surface area contributed by atoms with Crippen LogP contribution >= 0.6 is 0 Å². The van der Waals surface area contributed by atoms with Gasteiger partial charge in [-0.1, -0.05) is 37.6 Å². The number of hydrogen-bond acceptors (Lipinski definition) is 10. The molecule has 3 aromatic rings. The molecule has 0 saturated heterocycles. The maximum absolute atomic E-state index is 12.8. The molecule has 13 nitrogen and oxygen atoms in total. The molecule has 15 heteroatoms. The van der Waals surface area contributed by atoms with Crippen LogP contribution in [-0.4, -0.2) is 46.5 Å². The summed E-state index contributed by atoms with van der Waals surface area (Å²) in [6.07, 6.45) is 1.26. The Balaban J connectivity index is 1.75. The molecule has 0 unspecified atom stereocenters. The van der Waals surface area contributed by atoms with E-state index in [4.69, 9.17) is 8.92 Å². The van der Waals surface area contributed by atoms with Crippen molar-refractivity contribution in [1.29, 1.82) is 0 Å². The van der Waals surface area contributed by atoms with Gasteiger partial charge in [-0.3, -0.25) is 14.9 Å². The highest BCUT2D eigenvalue weighted by atomic mass is 32.2. The zero-order chi connectivity index (χ0) is 31.1. The van der Waals surface area contributed by atoms with Crippen molar-refractivity contribution >= 4 is 38.0 Å². The zero-order valence-corrected chi connectivity index (χ0v) is 24.8. The summed E-state index contributed by atoms with van der Waals surface area (Å²) < 4.78 is 64.2. The van der Waals surface area contributed by atoms with Crippen molar-refractivity contribution < 1.29 is 35.5 Å². The molecular weight excluding hydrogens is 588 g/mol. The Morgan fingerprint density at radius 2 is 1.69 bits per heavy atom. The predicted molar refractivity (Wildman–Crippen MR) is 154 cm³/mol. The van der Waals surface area contributed by atoms with Crippen LogP contribution < -0.4 is 19.1 Å². The van der Waals surface area contributed by atoms with E-state index in [1.165, 1.54) is 42.6 Å². The highest BCUT2D eigenvalue weighted by molar-refractivity contribution is 7.89. The molecular formula is C27H30N4O9S2. The number of sulfonamides is 1. The molecule has 3 aromatic carbocycles. The molecule has 0 spiro atoms. The number of nitrogens with zero attached hydrogens (tertiary/aromatic N) is 2. The lowest BCUT2D eigenvalue weighted by molar-refractivity contribution is -0.385. The second-order valence-electron chi connectivity index (χ2n) is 9.32. The minimum atomic E-state index is -4.44. The highest BCUT2D eigenvalue weighted by Crippen LogP contribution is 2.31. The second kappa shape index (κ2) is 13.5. The minimum absolute atomic E-state index is 0.0216. The van der Waals surface area contributed by atoms with Gasteiger partial charge in [-0.05, 0) is 61.7 Å². The van der Waals surface area contributed by atoms with Crippen LogP contribution in [0.3, 0.4) is 0 Å². The summed E-state index contributed by atoms with van der Waals surface area (Å²) in [5.74, 6) is -1.23. The third-order valence-corrected chi connectivity index (χ3v) is 8.42. The van der Waals surface area contributed by atoms with E-state index in [-0.39, 0.29) is 23.0 Å². The monoisotopic (exact) mass is 618 g/mol. The SMILES string of the molecule is CCOc1cc(/C=N\NC(=O)[C@@H](NS(=O)(=O)c2ccc(C)cc2)C(C)C)ccc1OS(=O)(=O)c1cccc([N+](=O)[O-])c1. The Morgan fingerprint density at radius 3 is 2.31 bits per heavy atom. The molecule has 1 atom stereocenters. The van der Waals surface area contributed by atoms with E-state index < -0.39 is 53.5 Å². The van der Waals surface area contributed by atoms with Gasteiger partial charge in [-0.25, -0.2) is 13.8 Å². The molecule has 3 rings (SSSR count). The Hall–Kier alpha value is -4.34. The van der Waals surface area contributed by atoms with Gasteiger partial charge in [0, 0.05) is 12.1 Å². The number of ether oxygens (including phenoxy) is 1. The summed E-state index contributed by atoms with van der Waals surface area (Å²) >= 11 is 0. The highest BCUT2D eigenvalue weighted by Gasteiger charge is 2.28. The Kier molecular flexibility index (Phi) is 10.4. The van der Waals surface area contributed by atoms with Crippen molar-refractivity contribution in [3.05, 3.63) is 88.0 Å². The first-order valence-electron chi connectivity index (χ1n) is 12.6. The molecule has 0 radical (unpaired) electrons. The van der Waals surface area contributed by atoms with Crippen LogP contribution in [0.2, 0.25) is 0 Å². The maximum Gasteiger partial charge on any atom is 0.339 e. The van der Waals surface area contributed by atoms with Crippen molar-refractivity contribution in [2.24, 2.45) is 11.0 Å². The summed E-state index contributed by atoms with van der Waals surface area (Å²) in [5.41, 5.74) is 3.18. The number of carbonyl (C=O) groups is 1. The average molecular weight is 619 g/mol. The van der Waals surface area contributed by atoms with E-state index in [1.807, 2.05) is 6.92 Å². The van der Waals surface area contributed by atoms with Gasteiger partial charge in [0.25, 0.3) is 11.6 Å². The lowest BCUT2D eigenvalue weighted by atomic mass is 10.1. The molecule has 0 aromatic heterocycles. The minimum Gasteiger partial charge on any atom is -0.490 e.